The van der Waals surface area contributed by atoms with E-state index in [-0.39, 0.29) is 12.1 Å². The number of aliphatic hydroxyl groups excluding tert-OH is 1. The van der Waals surface area contributed by atoms with Crippen molar-refractivity contribution in [2.24, 2.45) is 0 Å². The zero-order chi connectivity index (χ0) is 18.2. The summed E-state index contributed by atoms with van der Waals surface area (Å²) in [4.78, 5) is 0. The van der Waals surface area contributed by atoms with Gasteiger partial charge in [-0.2, -0.15) is 0 Å². The normalized spacial score (nSPS) is 14.5. The SMILES string of the molecule is COC[C@H](N[C@@H](c1ccccc1)[C@@H](O)c1ccccc1)c1ccccc1. The van der Waals surface area contributed by atoms with Crippen molar-refractivity contribution in [2.45, 2.75) is 18.2 Å². The minimum Gasteiger partial charge on any atom is -0.386 e. The van der Waals surface area contributed by atoms with Gasteiger partial charge in [-0.25, -0.2) is 0 Å². The summed E-state index contributed by atoms with van der Waals surface area (Å²) < 4.78 is 5.44. The van der Waals surface area contributed by atoms with Gasteiger partial charge < -0.3 is 9.84 Å². The number of hydrogen-bond donors (Lipinski definition) is 2. The molecule has 0 spiro atoms. The van der Waals surface area contributed by atoms with Crippen LogP contribution in [-0.4, -0.2) is 18.8 Å². The molecule has 0 aliphatic heterocycles. The van der Waals surface area contributed by atoms with Crippen LogP contribution in [0.3, 0.4) is 0 Å². The predicted octanol–water partition coefficient (Wildman–Crippen LogP) is 4.44. The minimum absolute atomic E-state index is 0.0234. The highest BCUT2D eigenvalue weighted by atomic mass is 16.5. The first-order chi connectivity index (χ1) is 12.8. The molecule has 0 unspecified atom stereocenters. The second kappa shape index (κ2) is 9.30. The van der Waals surface area contributed by atoms with Gasteiger partial charge in [0.2, 0.25) is 0 Å². The van der Waals surface area contributed by atoms with E-state index in [4.69, 9.17) is 4.74 Å². The maximum atomic E-state index is 11.1. The third-order valence-corrected chi connectivity index (χ3v) is 4.53. The number of aliphatic hydroxyl groups is 1. The predicted molar refractivity (Wildman–Crippen MR) is 105 cm³/mol. The van der Waals surface area contributed by atoms with E-state index in [2.05, 4.69) is 17.4 Å². The average molecular weight is 347 g/mol. The van der Waals surface area contributed by atoms with E-state index in [1.165, 1.54) is 0 Å². The molecule has 0 saturated heterocycles. The van der Waals surface area contributed by atoms with Gasteiger partial charge >= 0.3 is 0 Å². The lowest BCUT2D eigenvalue weighted by molar-refractivity contribution is 0.101. The first-order valence-corrected chi connectivity index (χ1v) is 8.87. The van der Waals surface area contributed by atoms with Gasteiger partial charge in [0.05, 0.1) is 24.8 Å². The smallest absolute Gasteiger partial charge is 0.0984 e. The molecule has 26 heavy (non-hydrogen) atoms. The summed E-state index contributed by atoms with van der Waals surface area (Å²) in [5, 5.41) is 14.7. The minimum atomic E-state index is -0.665. The molecule has 0 heterocycles. The number of hydrogen-bond acceptors (Lipinski definition) is 3. The van der Waals surface area contributed by atoms with Crippen molar-refractivity contribution >= 4 is 0 Å². The summed E-state index contributed by atoms with van der Waals surface area (Å²) >= 11 is 0. The Balaban J connectivity index is 1.92. The molecular formula is C23H25NO2. The van der Waals surface area contributed by atoms with Gasteiger partial charge in [-0.15, -0.1) is 0 Å². The molecule has 0 bridgehead atoms. The lowest BCUT2D eigenvalue weighted by Gasteiger charge is -2.30. The van der Waals surface area contributed by atoms with Crippen molar-refractivity contribution < 1.29 is 9.84 Å². The first kappa shape index (κ1) is 18.3. The van der Waals surface area contributed by atoms with Gasteiger partial charge in [-0.1, -0.05) is 91.0 Å². The second-order valence-electron chi connectivity index (χ2n) is 6.33. The highest BCUT2D eigenvalue weighted by Gasteiger charge is 2.26. The monoisotopic (exact) mass is 347 g/mol. The van der Waals surface area contributed by atoms with Crippen LogP contribution < -0.4 is 5.32 Å². The Morgan fingerprint density at radius 2 is 1.19 bits per heavy atom. The molecule has 3 rings (SSSR count). The molecule has 0 aliphatic rings. The highest BCUT2D eigenvalue weighted by molar-refractivity contribution is 5.27. The molecule has 0 saturated carbocycles. The van der Waals surface area contributed by atoms with Crippen LogP contribution in [0.1, 0.15) is 34.9 Å². The Morgan fingerprint density at radius 3 is 1.69 bits per heavy atom. The van der Waals surface area contributed by atoms with Gasteiger partial charge in [0, 0.05) is 7.11 Å². The molecule has 3 aromatic rings. The second-order valence-corrected chi connectivity index (χ2v) is 6.33. The number of methoxy groups -OCH3 is 1. The van der Waals surface area contributed by atoms with Crippen LogP contribution in [-0.2, 0) is 4.74 Å². The lowest BCUT2D eigenvalue weighted by Crippen LogP contribution is -2.33. The van der Waals surface area contributed by atoms with Crippen LogP contribution in [0.4, 0.5) is 0 Å². The fourth-order valence-corrected chi connectivity index (χ4v) is 3.18. The van der Waals surface area contributed by atoms with Crippen LogP contribution in [0.2, 0.25) is 0 Å². The van der Waals surface area contributed by atoms with Crippen molar-refractivity contribution in [3.63, 3.8) is 0 Å². The van der Waals surface area contributed by atoms with Crippen molar-refractivity contribution in [3.05, 3.63) is 108 Å². The Kier molecular flexibility index (Phi) is 6.56. The maximum Gasteiger partial charge on any atom is 0.0984 e. The Labute approximate surface area is 155 Å². The molecule has 134 valence electrons. The number of benzene rings is 3. The number of nitrogens with one attached hydrogen (secondary N) is 1. The molecule has 3 heteroatoms. The molecule has 3 aromatic carbocycles. The topological polar surface area (TPSA) is 41.5 Å². The van der Waals surface area contributed by atoms with Crippen LogP contribution >= 0.6 is 0 Å². The summed E-state index contributed by atoms with van der Waals surface area (Å²) in [6, 6.07) is 29.7. The fourth-order valence-electron chi connectivity index (χ4n) is 3.18. The molecule has 2 N–H and O–H groups in total. The molecule has 0 radical (unpaired) electrons. The number of rotatable bonds is 8. The van der Waals surface area contributed by atoms with E-state index < -0.39 is 6.10 Å². The van der Waals surface area contributed by atoms with Gasteiger partial charge in [0.1, 0.15) is 0 Å². The van der Waals surface area contributed by atoms with E-state index in [0.717, 1.165) is 16.7 Å². The summed E-state index contributed by atoms with van der Waals surface area (Å²) in [7, 11) is 1.70. The Hall–Kier alpha value is -2.46. The standard InChI is InChI=1S/C23H25NO2/c1-26-17-21(18-11-5-2-6-12-18)24-22(19-13-7-3-8-14-19)23(25)20-15-9-4-10-16-20/h2-16,21-25H,17H2,1H3/t21-,22-,23-/m0/s1. The van der Waals surface area contributed by atoms with Crippen LogP contribution in [0, 0.1) is 0 Å². The van der Waals surface area contributed by atoms with Gasteiger partial charge in [-0.05, 0) is 16.7 Å². The zero-order valence-corrected chi connectivity index (χ0v) is 15.0. The summed E-state index contributed by atoms with van der Waals surface area (Å²) in [6.07, 6.45) is -0.665. The molecule has 3 nitrogen and oxygen atoms in total. The molecule has 0 fully saturated rings. The van der Waals surface area contributed by atoms with E-state index in [1.807, 2.05) is 78.9 Å². The highest BCUT2D eigenvalue weighted by Crippen LogP contribution is 2.31. The molecule has 3 atom stereocenters. The van der Waals surface area contributed by atoms with Crippen LogP contribution in [0.5, 0.6) is 0 Å². The van der Waals surface area contributed by atoms with Crippen molar-refractivity contribution in [2.75, 3.05) is 13.7 Å². The van der Waals surface area contributed by atoms with Crippen molar-refractivity contribution in [1.82, 2.24) is 5.32 Å². The Morgan fingerprint density at radius 1 is 0.731 bits per heavy atom. The van der Waals surface area contributed by atoms with Gasteiger partial charge in [0.15, 0.2) is 0 Å². The first-order valence-electron chi connectivity index (χ1n) is 8.87. The Bertz CT molecular complexity index is 762. The molecule has 0 aromatic heterocycles. The third kappa shape index (κ3) is 4.58. The van der Waals surface area contributed by atoms with E-state index in [0.29, 0.717) is 6.61 Å². The largest absolute Gasteiger partial charge is 0.386 e. The van der Waals surface area contributed by atoms with Gasteiger partial charge in [0.25, 0.3) is 0 Å². The maximum absolute atomic E-state index is 11.1. The fraction of sp³-hybridized carbons (Fsp3) is 0.217. The third-order valence-electron chi connectivity index (χ3n) is 4.53. The van der Waals surface area contributed by atoms with Gasteiger partial charge in [-0.3, -0.25) is 5.32 Å². The molecular weight excluding hydrogens is 322 g/mol. The van der Waals surface area contributed by atoms with Crippen LogP contribution in [0.15, 0.2) is 91.0 Å². The van der Waals surface area contributed by atoms with E-state index in [1.54, 1.807) is 7.11 Å². The average Bonchev–Trinajstić information content (AvgIpc) is 2.72. The zero-order valence-electron chi connectivity index (χ0n) is 15.0. The summed E-state index contributed by atoms with van der Waals surface area (Å²) in [5.74, 6) is 0. The van der Waals surface area contributed by atoms with Crippen LogP contribution in [0.25, 0.3) is 0 Å². The lowest BCUT2D eigenvalue weighted by atomic mass is 9.94. The van der Waals surface area contributed by atoms with E-state index >= 15 is 0 Å². The molecule has 0 amide bonds. The summed E-state index contributed by atoms with van der Waals surface area (Å²) in [6.45, 7) is 0.523. The quantitative estimate of drug-likeness (QED) is 0.633. The van der Waals surface area contributed by atoms with Crippen molar-refractivity contribution in [1.29, 1.82) is 0 Å². The summed E-state index contributed by atoms with van der Waals surface area (Å²) in [5.41, 5.74) is 3.06. The van der Waals surface area contributed by atoms with E-state index in [9.17, 15) is 5.11 Å². The van der Waals surface area contributed by atoms with Crippen molar-refractivity contribution in [3.8, 4) is 0 Å². The molecule has 0 aliphatic carbocycles. The number of ether oxygens (including phenoxy) is 1.